The van der Waals surface area contributed by atoms with E-state index in [-0.39, 0.29) is 5.41 Å². The Kier molecular flexibility index (Phi) is 3.99. The standard InChI is InChI=1S/C14H22N2O2S/c1-14(2)8-10-16(11-14)19(17,18)13-5-3-12(4-6-13)7-9-15/h3-6H,7-11,15H2,1-2H3. The van der Waals surface area contributed by atoms with Crippen LogP contribution in [0.3, 0.4) is 0 Å². The lowest BCUT2D eigenvalue weighted by atomic mass is 9.93. The van der Waals surface area contributed by atoms with Crippen molar-refractivity contribution in [2.45, 2.75) is 31.6 Å². The summed E-state index contributed by atoms with van der Waals surface area (Å²) in [6.45, 7) is 5.99. The first-order chi connectivity index (χ1) is 8.85. The van der Waals surface area contributed by atoms with Gasteiger partial charge in [0, 0.05) is 13.1 Å². The summed E-state index contributed by atoms with van der Waals surface area (Å²) in [6.07, 6.45) is 1.69. The summed E-state index contributed by atoms with van der Waals surface area (Å²) >= 11 is 0. The zero-order valence-corrected chi connectivity index (χ0v) is 12.4. The normalized spacial score (nSPS) is 19.7. The van der Waals surface area contributed by atoms with Crippen molar-refractivity contribution in [1.29, 1.82) is 0 Å². The Morgan fingerprint density at radius 1 is 1.26 bits per heavy atom. The Balaban J connectivity index is 2.20. The third kappa shape index (κ3) is 3.16. The molecule has 1 fully saturated rings. The van der Waals surface area contributed by atoms with Gasteiger partial charge in [-0.2, -0.15) is 4.31 Å². The molecule has 0 spiro atoms. The third-order valence-corrected chi connectivity index (χ3v) is 5.50. The molecule has 19 heavy (non-hydrogen) atoms. The molecule has 2 rings (SSSR count). The van der Waals surface area contributed by atoms with E-state index in [4.69, 9.17) is 5.73 Å². The fourth-order valence-corrected chi connectivity index (χ4v) is 4.04. The molecule has 1 aliphatic heterocycles. The first-order valence-corrected chi connectivity index (χ1v) is 8.08. The third-order valence-electron chi connectivity index (χ3n) is 3.64. The van der Waals surface area contributed by atoms with Crippen LogP contribution in [0.25, 0.3) is 0 Å². The molecule has 1 saturated heterocycles. The maximum Gasteiger partial charge on any atom is 0.243 e. The summed E-state index contributed by atoms with van der Waals surface area (Å²) in [4.78, 5) is 0.381. The molecule has 0 bridgehead atoms. The highest BCUT2D eigenvalue weighted by molar-refractivity contribution is 7.89. The second-order valence-corrected chi connectivity index (χ2v) is 7.87. The quantitative estimate of drug-likeness (QED) is 0.912. The van der Waals surface area contributed by atoms with Crippen molar-refractivity contribution in [3.63, 3.8) is 0 Å². The zero-order valence-electron chi connectivity index (χ0n) is 11.6. The molecule has 0 radical (unpaired) electrons. The minimum Gasteiger partial charge on any atom is -0.330 e. The van der Waals surface area contributed by atoms with Crippen LogP contribution in [0.2, 0.25) is 0 Å². The van der Waals surface area contributed by atoms with Crippen LogP contribution in [-0.2, 0) is 16.4 Å². The predicted molar refractivity (Wildman–Crippen MR) is 76.4 cm³/mol. The van der Waals surface area contributed by atoms with Crippen molar-refractivity contribution in [2.24, 2.45) is 11.1 Å². The van der Waals surface area contributed by atoms with Gasteiger partial charge >= 0.3 is 0 Å². The predicted octanol–water partition coefficient (Wildman–Crippen LogP) is 1.61. The van der Waals surface area contributed by atoms with Crippen molar-refractivity contribution in [2.75, 3.05) is 19.6 Å². The summed E-state index contributed by atoms with van der Waals surface area (Å²) < 4.78 is 26.6. The highest BCUT2D eigenvalue weighted by Crippen LogP contribution is 2.32. The number of rotatable bonds is 4. The molecular weight excluding hydrogens is 260 g/mol. The van der Waals surface area contributed by atoms with Crippen molar-refractivity contribution >= 4 is 10.0 Å². The van der Waals surface area contributed by atoms with E-state index in [9.17, 15) is 8.42 Å². The maximum atomic E-state index is 12.5. The average molecular weight is 282 g/mol. The summed E-state index contributed by atoms with van der Waals surface area (Å²) in [5.74, 6) is 0. The minimum atomic E-state index is -3.34. The van der Waals surface area contributed by atoms with E-state index in [1.165, 1.54) is 0 Å². The van der Waals surface area contributed by atoms with Crippen LogP contribution in [0.15, 0.2) is 29.2 Å². The first-order valence-electron chi connectivity index (χ1n) is 6.64. The largest absolute Gasteiger partial charge is 0.330 e. The fraction of sp³-hybridized carbons (Fsp3) is 0.571. The first kappa shape index (κ1) is 14.5. The highest BCUT2D eigenvalue weighted by atomic mass is 32.2. The van der Waals surface area contributed by atoms with E-state index >= 15 is 0 Å². The molecule has 106 valence electrons. The molecule has 0 saturated carbocycles. The van der Waals surface area contributed by atoms with Crippen molar-refractivity contribution < 1.29 is 8.42 Å². The van der Waals surface area contributed by atoms with E-state index in [0.717, 1.165) is 18.4 Å². The van der Waals surface area contributed by atoms with Gasteiger partial charge < -0.3 is 5.73 Å². The molecule has 1 heterocycles. The van der Waals surface area contributed by atoms with Gasteiger partial charge in [0.1, 0.15) is 0 Å². The van der Waals surface area contributed by atoms with Crippen molar-refractivity contribution in [1.82, 2.24) is 4.31 Å². The lowest BCUT2D eigenvalue weighted by Gasteiger charge is -2.19. The van der Waals surface area contributed by atoms with Crippen LogP contribution in [-0.4, -0.2) is 32.4 Å². The minimum absolute atomic E-state index is 0.0760. The molecule has 2 N–H and O–H groups in total. The lowest BCUT2D eigenvalue weighted by molar-refractivity contribution is 0.375. The molecule has 0 amide bonds. The molecular formula is C14H22N2O2S. The number of hydrogen-bond acceptors (Lipinski definition) is 3. The van der Waals surface area contributed by atoms with E-state index in [2.05, 4.69) is 13.8 Å². The summed E-state index contributed by atoms with van der Waals surface area (Å²) in [6, 6.07) is 7.07. The Bertz CT molecular complexity index is 535. The van der Waals surface area contributed by atoms with Gasteiger partial charge in [0.2, 0.25) is 10.0 Å². The van der Waals surface area contributed by atoms with Gasteiger partial charge in [0.05, 0.1) is 4.90 Å². The molecule has 0 unspecified atom stereocenters. The van der Waals surface area contributed by atoms with Gasteiger partial charge in [0.15, 0.2) is 0 Å². The molecule has 0 aliphatic carbocycles. The van der Waals surface area contributed by atoms with Gasteiger partial charge in [-0.1, -0.05) is 26.0 Å². The van der Waals surface area contributed by atoms with Crippen LogP contribution < -0.4 is 5.73 Å². The Morgan fingerprint density at radius 2 is 1.89 bits per heavy atom. The fourth-order valence-electron chi connectivity index (χ4n) is 2.41. The van der Waals surface area contributed by atoms with E-state index in [1.807, 2.05) is 12.1 Å². The molecule has 0 atom stereocenters. The molecule has 0 aromatic heterocycles. The van der Waals surface area contributed by atoms with Crippen LogP contribution >= 0.6 is 0 Å². The summed E-state index contributed by atoms with van der Waals surface area (Å²) in [5, 5.41) is 0. The number of benzene rings is 1. The van der Waals surface area contributed by atoms with Crippen LogP contribution in [0.4, 0.5) is 0 Å². The van der Waals surface area contributed by atoms with Crippen molar-refractivity contribution in [3.05, 3.63) is 29.8 Å². The summed E-state index contributed by atoms with van der Waals surface area (Å²) in [7, 11) is -3.34. The van der Waals surface area contributed by atoms with E-state index in [1.54, 1.807) is 16.4 Å². The van der Waals surface area contributed by atoms with Gasteiger partial charge in [-0.05, 0) is 42.5 Å². The monoisotopic (exact) mass is 282 g/mol. The lowest BCUT2D eigenvalue weighted by Crippen LogP contribution is -2.30. The summed E-state index contributed by atoms with van der Waals surface area (Å²) in [5.41, 5.74) is 6.64. The topological polar surface area (TPSA) is 63.4 Å². The van der Waals surface area contributed by atoms with Crippen LogP contribution in [0, 0.1) is 5.41 Å². The van der Waals surface area contributed by atoms with Gasteiger partial charge in [-0.3, -0.25) is 0 Å². The number of hydrogen-bond donors (Lipinski definition) is 1. The molecule has 5 heteroatoms. The van der Waals surface area contributed by atoms with Crippen molar-refractivity contribution in [3.8, 4) is 0 Å². The Morgan fingerprint density at radius 3 is 2.37 bits per heavy atom. The highest BCUT2D eigenvalue weighted by Gasteiger charge is 2.36. The smallest absolute Gasteiger partial charge is 0.243 e. The molecule has 1 aromatic rings. The number of nitrogens with two attached hydrogens (primary N) is 1. The Labute approximate surface area is 115 Å². The maximum absolute atomic E-state index is 12.5. The number of sulfonamides is 1. The van der Waals surface area contributed by atoms with E-state index in [0.29, 0.717) is 24.5 Å². The SMILES string of the molecule is CC1(C)CCN(S(=O)(=O)c2ccc(CCN)cc2)C1. The molecule has 4 nitrogen and oxygen atoms in total. The molecule has 1 aromatic carbocycles. The van der Waals surface area contributed by atoms with Gasteiger partial charge in [-0.15, -0.1) is 0 Å². The zero-order chi connectivity index (χ0) is 14.1. The Hall–Kier alpha value is -0.910. The van der Waals surface area contributed by atoms with Crippen LogP contribution in [0.5, 0.6) is 0 Å². The van der Waals surface area contributed by atoms with Crippen LogP contribution in [0.1, 0.15) is 25.8 Å². The van der Waals surface area contributed by atoms with Gasteiger partial charge in [-0.25, -0.2) is 8.42 Å². The number of nitrogens with zero attached hydrogens (tertiary/aromatic N) is 1. The molecule has 1 aliphatic rings. The van der Waals surface area contributed by atoms with Gasteiger partial charge in [0.25, 0.3) is 0 Å². The second-order valence-electron chi connectivity index (χ2n) is 5.94. The second kappa shape index (κ2) is 5.23. The average Bonchev–Trinajstić information content (AvgIpc) is 2.71. The van der Waals surface area contributed by atoms with E-state index < -0.39 is 10.0 Å².